The van der Waals surface area contributed by atoms with Crippen LogP contribution in [0.15, 0.2) is 18.2 Å². The van der Waals surface area contributed by atoms with E-state index in [0.717, 1.165) is 6.07 Å². The number of aryl methyl sites for hydroxylation is 1. The molecule has 0 aromatic heterocycles. The van der Waals surface area contributed by atoms with Crippen LogP contribution in [0.2, 0.25) is 6.04 Å². The highest BCUT2D eigenvalue weighted by Crippen LogP contribution is 2.15. The molecule has 0 radical (unpaired) electrons. The Morgan fingerprint density at radius 1 is 1.12 bits per heavy atom. The Labute approximate surface area is 94.0 Å². The molecule has 0 heterocycles. The van der Waals surface area contributed by atoms with Gasteiger partial charge in [0.05, 0.1) is 0 Å². The fourth-order valence-corrected chi connectivity index (χ4v) is 2.52. The summed E-state index contributed by atoms with van der Waals surface area (Å²) in [5, 5.41) is 0. The monoisotopic (exact) mass is 248 g/mol. The van der Waals surface area contributed by atoms with Crippen molar-refractivity contribution in [2.45, 2.75) is 12.5 Å². The molecule has 0 bridgehead atoms. The van der Waals surface area contributed by atoms with Crippen LogP contribution in [-0.2, 0) is 15.3 Å². The molecular weight excluding hydrogens is 234 g/mol. The van der Waals surface area contributed by atoms with Crippen LogP contribution in [0.5, 0.6) is 0 Å². The number of hydrogen-bond donors (Lipinski definition) is 1. The van der Waals surface area contributed by atoms with E-state index in [4.69, 9.17) is 8.85 Å². The van der Waals surface area contributed by atoms with Crippen LogP contribution >= 0.6 is 0 Å². The van der Waals surface area contributed by atoms with Crippen LogP contribution in [0.4, 0.5) is 8.78 Å². The van der Waals surface area contributed by atoms with Gasteiger partial charge in [0.1, 0.15) is 11.6 Å². The van der Waals surface area contributed by atoms with Gasteiger partial charge in [-0.05, 0) is 24.1 Å². The predicted octanol–water partition coefficient (Wildman–Crippen LogP) is 1.73. The van der Waals surface area contributed by atoms with Crippen LogP contribution in [0.1, 0.15) is 5.56 Å². The van der Waals surface area contributed by atoms with Crippen molar-refractivity contribution in [1.29, 1.82) is 0 Å². The van der Waals surface area contributed by atoms with Crippen molar-refractivity contribution < 1.29 is 22.4 Å². The molecular formula is C10H14F2O3Si. The van der Waals surface area contributed by atoms with Gasteiger partial charge in [-0.15, -0.1) is 0 Å². The summed E-state index contributed by atoms with van der Waals surface area (Å²) >= 11 is 0. The summed E-state index contributed by atoms with van der Waals surface area (Å²) in [5.74, 6) is -1.26. The van der Waals surface area contributed by atoms with Gasteiger partial charge < -0.3 is 13.6 Å². The molecule has 0 aliphatic carbocycles. The van der Waals surface area contributed by atoms with Gasteiger partial charge in [0.25, 0.3) is 0 Å². The quantitative estimate of drug-likeness (QED) is 0.807. The topological polar surface area (TPSA) is 38.7 Å². The van der Waals surface area contributed by atoms with Gasteiger partial charge in [0.15, 0.2) is 0 Å². The molecule has 1 aromatic rings. The molecule has 3 nitrogen and oxygen atoms in total. The number of benzene rings is 1. The van der Waals surface area contributed by atoms with E-state index in [9.17, 15) is 13.6 Å². The predicted molar refractivity (Wildman–Crippen MR) is 56.9 cm³/mol. The van der Waals surface area contributed by atoms with Crippen LogP contribution in [0.3, 0.4) is 0 Å². The second kappa shape index (κ2) is 5.49. The molecule has 1 N–H and O–H groups in total. The Morgan fingerprint density at radius 3 is 2.06 bits per heavy atom. The highest BCUT2D eigenvalue weighted by molar-refractivity contribution is 6.59. The average Bonchev–Trinajstić information content (AvgIpc) is 2.25. The SMILES string of the molecule is CO[Si](O)(CCc1cc(F)cc(F)c1)OC. The van der Waals surface area contributed by atoms with Crippen LogP contribution in [0, 0.1) is 11.6 Å². The molecule has 0 amide bonds. The van der Waals surface area contributed by atoms with Gasteiger partial charge in [0, 0.05) is 26.3 Å². The first kappa shape index (κ1) is 13.2. The molecule has 0 saturated carbocycles. The van der Waals surface area contributed by atoms with Gasteiger partial charge in [-0.1, -0.05) is 0 Å². The molecule has 90 valence electrons. The maximum Gasteiger partial charge on any atom is 0.498 e. The maximum absolute atomic E-state index is 12.9. The van der Waals surface area contributed by atoms with Gasteiger partial charge in [-0.3, -0.25) is 0 Å². The normalized spacial score (nSPS) is 11.8. The van der Waals surface area contributed by atoms with E-state index in [2.05, 4.69) is 0 Å². The number of halogens is 2. The highest BCUT2D eigenvalue weighted by Gasteiger charge is 2.33. The van der Waals surface area contributed by atoms with Crippen molar-refractivity contribution in [3.8, 4) is 0 Å². The maximum atomic E-state index is 12.9. The molecule has 0 saturated heterocycles. The molecule has 16 heavy (non-hydrogen) atoms. The van der Waals surface area contributed by atoms with Gasteiger partial charge in [-0.25, -0.2) is 8.78 Å². The molecule has 0 atom stereocenters. The Kier molecular flexibility index (Phi) is 4.54. The second-order valence-electron chi connectivity index (χ2n) is 3.40. The van der Waals surface area contributed by atoms with E-state index in [1.807, 2.05) is 0 Å². The van der Waals surface area contributed by atoms with E-state index in [-0.39, 0.29) is 6.04 Å². The third kappa shape index (κ3) is 3.64. The lowest BCUT2D eigenvalue weighted by Crippen LogP contribution is -2.40. The summed E-state index contributed by atoms with van der Waals surface area (Å²) < 4.78 is 35.4. The third-order valence-electron chi connectivity index (χ3n) is 2.29. The van der Waals surface area contributed by atoms with E-state index >= 15 is 0 Å². The van der Waals surface area contributed by atoms with Crippen molar-refractivity contribution >= 4 is 8.80 Å². The van der Waals surface area contributed by atoms with Crippen molar-refractivity contribution in [3.05, 3.63) is 35.4 Å². The first-order valence-corrected chi connectivity index (χ1v) is 6.74. The summed E-state index contributed by atoms with van der Waals surface area (Å²) in [6.45, 7) is 0. The van der Waals surface area contributed by atoms with Crippen molar-refractivity contribution in [2.75, 3.05) is 14.2 Å². The van der Waals surface area contributed by atoms with E-state index in [1.54, 1.807) is 0 Å². The minimum absolute atomic E-state index is 0.225. The molecule has 0 unspecified atom stereocenters. The second-order valence-corrected chi connectivity index (χ2v) is 6.14. The average molecular weight is 248 g/mol. The Morgan fingerprint density at radius 2 is 1.62 bits per heavy atom. The zero-order chi connectivity index (χ0) is 12.2. The molecule has 0 aliphatic rings. The van der Waals surface area contributed by atoms with Crippen LogP contribution in [-0.4, -0.2) is 27.8 Å². The fourth-order valence-electron chi connectivity index (χ4n) is 1.35. The van der Waals surface area contributed by atoms with E-state index in [1.165, 1.54) is 26.4 Å². The first-order chi connectivity index (χ1) is 7.49. The summed E-state index contributed by atoms with van der Waals surface area (Å²) in [6, 6.07) is 3.48. The lowest BCUT2D eigenvalue weighted by Gasteiger charge is -2.19. The highest BCUT2D eigenvalue weighted by atomic mass is 28.4. The zero-order valence-corrected chi connectivity index (χ0v) is 10.2. The number of rotatable bonds is 5. The summed E-state index contributed by atoms with van der Waals surface area (Å²) in [4.78, 5) is 9.74. The standard InChI is InChI=1S/C10H14F2O3Si/c1-14-16(13,15-2)4-3-8-5-9(11)7-10(12)6-8/h5-7,13H,3-4H2,1-2H3. The zero-order valence-electron chi connectivity index (χ0n) is 9.17. The lowest BCUT2D eigenvalue weighted by molar-refractivity contribution is 0.151. The molecule has 0 spiro atoms. The summed E-state index contributed by atoms with van der Waals surface area (Å²) in [5.41, 5.74) is 0.470. The Bertz CT molecular complexity index is 336. The van der Waals surface area contributed by atoms with Crippen molar-refractivity contribution in [2.24, 2.45) is 0 Å². The minimum Gasteiger partial charge on any atom is -0.390 e. The molecule has 1 rings (SSSR count). The van der Waals surface area contributed by atoms with Crippen LogP contribution in [0.25, 0.3) is 0 Å². The summed E-state index contributed by atoms with van der Waals surface area (Å²) in [7, 11) is -0.462. The lowest BCUT2D eigenvalue weighted by atomic mass is 10.2. The largest absolute Gasteiger partial charge is 0.498 e. The molecule has 0 aliphatic heterocycles. The van der Waals surface area contributed by atoms with E-state index < -0.39 is 20.4 Å². The Hall–Kier alpha value is -0.823. The summed E-state index contributed by atoms with van der Waals surface area (Å²) in [6.07, 6.45) is 0.305. The van der Waals surface area contributed by atoms with Crippen molar-refractivity contribution in [1.82, 2.24) is 0 Å². The van der Waals surface area contributed by atoms with Crippen LogP contribution < -0.4 is 0 Å². The Balaban J connectivity index is 2.67. The molecule has 6 heteroatoms. The van der Waals surface area contributed by atoms with Gasteiger partial charge in [0.2, 0.25) is 0 Å². The van der Waals surface area contributed by atoms with E-state index in [0.29, 0.717) is 12.0 Å². The van der Waals surface area contributed by atoms with Gasteiger partial charge >= 0.3 is 8.80 Å². The molecule has 0 fully saturated rings. The minimum atomic E-state index is -3.16. The smallest absolute Gasteiger partial charge is 0.390 e. The third-order valence-corrected chi connectivity index (χ3v) is 4.45. The van der Waals surface area contributed by atoms with Crippen molar-refractivity contribution in [3.63, 3.8) is 0 Å². The van der Waals surface area contributed by atoms with Gasteiger partial charge in [-0.2, -0.15) is 0 Å². The first-order valence-electron chi connectivity index (χ1n) is 4.77. The fraction of sp³-hybridized carbons (Fsp3) is 0.400. The molecule has 1 aromatic carbocycles. The number of hydrogen-bond acceptors (Lipinski definition) is 3.